The normalized spacial score (nSPS) is 11.2. The monoisotopic (exact) mass is 443 g/mol. The quantitative estimate of drug-likeness (QED) is 0.408. The first-order valence-electron chi connectivity index (χ1n) is 9.36. The smallest absolute Gasteiger partial charge is 0.323 e. The average molecular weight is 444 g/mol. The molecule has 3 rings (SSSR count). The lowest BCUT2D eigenvalue weighted by molar-refractivity contribution is -0.147. The number of rotatable bonds is 7. The predicted octanol–water partition coefficient (Wildman–Crippen LogP) is 6.15. The van der Waals surface area contributed by atoms with Gasteiger partial charge in [0.05, 0.1) is 26.0 Å². The second-order valence-corrected chi connectivity index (χ2v) is 8.97. The van der Waals surface area contributed by atoms with Crippen molar-refractivity contribution in [2.45, 2.75) is 26.7 Å². The van der Waals surface area contributed by atoms with Gasteiger partial charge in [-0.25, -0.2) is 9.78 Å². The number of anilines is 2. The molecule has 6 nitrogen and oxygen atoms in total. The van der Waals surface area contributed by atoms with E-state index in [1.807, 2.05) is 24.3 Å². The molecule has 0 bridgehead atoms. The third-order valence-electron chi connectivity index (χ3n) is 4.65. The summed E-state index contributed by atoms with van der Waals surface area (Å²) in [5.41, 5.74) is 1.39. The topological polar surface area (TPSA) is 91.3 Å². The maximum absolute atomic E-state index is 12.2. The minimum absolute atomic E-state index is 0.378. The first-order valence-corrected chi connectivity index (χ1v) is 10.5. The minimum Gasteiger partial charge on any atom is -0.481 e. The number of thiazole rings is 1. The Morgan fingerprint density at radius 3 is 2.47 bits per heavy atom. The van der Waals surface area contributed by atoms with E-state index in [2.05, 4.69) is 15.6 Å². The van der Waals surface area contributed by atoms with E-state index in [0.29, 0.717) is 29.2 Å². The van der Waals surface area contributed by atoms with Gasteiger partial charge in [0.25, 0.3) is 0 Å². The number of aliphatic carboxylic acids is 1. The van der Waals surface area contributed by atoms with Gasteiger partial charge in [0.1, 0.15) is 0 Å². The summed E-state index contributed by atoms with van der Waals surface area (Å²) < 4.78 is 0. The van der Waals surface area contributed by atoms with Crippen LogP contribution < -0.4 is 10.6 Å². The number of carboxylic acids is 1. The zero-order valence-corrected chi connectivity index (χ0v) is 18.2. The maximum Gasteiger partial charge on any atom is 0.323 e. The van der Waals surface area contributed by atoms with Crippen molar-refractivity contribution in [3.63, 3.8) is 0 Å². The van der Waals surface area contributed by atoms with Crippen LogP contribution in [0.4, 0.5) is 16.2 Å². The number of aromatic nitrogens is 1. The van der Waals surface area contributed by atoms with E-state index in [1.54, 1.807) is 55.6 Å². The van der Waals surface area contributed by atoms with Gasteiger partial charge in [-0.15, -0.1) is 11.3 Å². The Balaban J connectivity index is 1.59. The Morgan fingerprint density at radius 2 is 1.80 bits per heavy atom. The Morgan fingerprint density at radius 1 is 1.10 bits per heavy atom. The van der Waals surface area contributed by atoms with E-state index in [0.717, 1.165) is 15.4 Å². The molecule has 0 spiro atoms. The third-order valence-corrected chi connectivity index (χ3v) is 6.08. The Labute approximate surface area is 183 Å². The van der Waals surface area contributed by atoms with E-state index in [1.165, 1.54) is 0 Å². The number of para-hydroxylation sites is 1. The highest BCUT2D eigenvalue weighted by Crippen LogP contribution is 2.30. The van der Waals surface area contributed by atoms with Crippen molar-refractivity contribution in [2.24, 2.45) is 5.41 Å². The molecule has 0 aliphatic heterocycles. The van der Waals surface area contributed by atoms with Crippen LogP contribution in [0.5, 0.6) is 0 Å². The van der Waals surface area contributed by atoms with Crippen LogP contribution in [-0.2, 0) is 11.2 Å². The molecular formula is C22H22ClN3O3S. The van der Waals surface area contributed by atoms with Gasteiger partial charge in [-0.05, 0) is 50.1 Å². The number of nitrogens with zero attached hydrogens (tertiary/aromatic N) is 1. The highest BCUT2D eigenvalue weighted by Gasteiger charge is 2.27. The molecule has 0 aliphatic carbocycles. The van der Waals surface area contributed by atoms with Crippen molar-refractivity contribution in [1.29, 1.82) is 0 Å². The summed E-state index contributed by atoms with van der Waals surface area (Å²) in [7, 11) is 0. The van der Waals surface area contributed by atoms with Gasteiger partial charge in [-0.2, -0.15) is 0 Å². The van der Waals surface area contributed by atoms with Crippen molar-refractivity contribution in [3.8, 4) is 10.4 Å². The summed E-state index contributed by atoms with van der Waals surface area (Å²) in [6.45, 7) is 3.44. The molecule has 0 fully saturated rings. The second-order valence-electron chi connectivity index (χ2n) is 7.44. The lowest BCUT2D eigenvalue weighted by Crippen LogP contribution is -2.24. The highest BCUT2D eigenvalue weighted by molar-refractivity contribution is 7.15. The molecule has 0 saturated heterocycles. The van der Waals surface area contributed by atoms with Crippen LogP contribution in [0.3, 0.4) is 0 Å². The van der Waals surface area contributed by atoms with Crippen LogP contribution in [0.2, 0.25) is 5.02 Å². The van der Waals surface area contributed by atoms with E-state index in [-0.39, 0.29) is 6.03 Å². The number of carboxylic acid groups (broad SMARTS) is 1. The van der Waals surface area contributed by atoms with Gasteiger partial charge >= 0.3 is 12.0 Å². The fourth-order valence-corrected chi connectivity index (χ4v) is 3.76. The molecule has 3 N–H and O–H groups in total. The molecule has 30 heavy (non-hydrogen) atoms. The van der Waals surface area contributed by atoms with E-state index >= 15 is 0 Å². The number of urea groups is 1. The fourth-order valence-electron chi connectivity index (χ4n) is 2.65. The number of nitrogens with one attached hydrogen (secondary N) is 2. The summed E-state index contributed by atoms with van der Waals surface area (Å²) in [4.78, 5) is 28.8. The van der Waals surface area contributed by atoms with Crippen molar-refractivity contribution >= 4 is 46.3 Å². The first kappa shape index (κ1) is 21.8. The SMILES string of the molecule is CC(C)(CCc1ncc(-c2ccc(NC(=O)Nc3ccccc3Cl)cc2)s1)C(=O)O. The van der Waals surface area contributed by atoms with Crippen LogP contribution in [0.25, 0.3) is 10.4 Å². The summed E-state index contributed by atoms with van der Waals surface area (Å²) in [5, 5.41) is 16.1. The molecule has 1 aromatic heterocycles. The molecule has 156 valence electrons. The van der Waals surface area contributed by atoms with Crippen LogP contribution in [0.15, 0.2) is 54.7 Å². The molecule has 0 saturated carbocycles. The molecule has 2 aromatic carbocycles. The first-order chi connectivity index (χ1) is 14.2. The summed E-state index contributed by atoms with van der Waals surface area (Å²) in [6.07, 6.45) is 2.94. The Hall–Kier alpha value is -2.90. The standard InChI is InChI=1S/C22H22ClN3O3S/c1-22(2,20(27)28)12-11-19-24-13-18(30-19)14-7-9-15(10-8-14)25-21(29)26-17-6-4-3-5-16(17)23/h3-10,13H,11-12H2,1-2H3,(H,27,28)(H2,25,26,29). The number of amides is 2. The molecule has 1 heterocycles. The van der Waals surface area contributed by atoms with Gasteiger partial charge in [-0.1, -0.05) is 35.9 Å². The zero-order chi connectivity index (χ0) is 21.7. The lowest BCUT2D eigenvalue weighted by atomic mass is 9.88. The van der Waals surface area contributed by atoms with Gasteiger partial charge in [0.2, 0.25) is 0 Å². The van der Waals surface area contributed by atoms with E-state index in [4.69, 9.17) is 11.6 Å². The highest BCUT2D eigenvalue weighted by atomic mass is 35.5. The van der Waals surface area contributed by atoms with Crippen LogP contribution in [-0.4, -0.2) is 22.1 Å². The van der Waals surface area contributed by atoms with Gasteiger partial charge in [-0.3, -0.25) is 4.79 Å². The van der Waals surface area contributed by atoms with Crippen molar-refractivity contribution in [3.05, 3.63) is 64.8 Å². The maximum atomic E-state index is 12.2. The number of halogens is 1. The molecule has 2 amide bonds. The number of hydrogen-bond donors (Lipinski definition) is 3. The van der Waals surface area contributed by atoms with E-state index < -0.39 is 11.4 Å². The predicted molar refractivity (Wildman–Crippen MR) is 121 cm³/mol. The van der Waals surface area contributed by atoms with Crippen LogP contribution in [0, 0.1) is 5.41 Å². The number of aryl methyl sites for hydroxylation is 1. The number of benzene rings is 2. The number of hydrogen-bond acceptors (Lipinski definition) is 4. The van der Waals surface area contributed by atoms with Crippen LogP contribution in [0.1, 0.15) is 25.3 Å². The van der Waals surface area contributed by atoms with Gasteiger partial charge in [0.15, 0.2) is 0 Å². The molecule has 0 aliphatic rings. The van der Waals surface area contributed by atoms with Crippen LogP contribution >= 0.6 is 22.9 Å². The largest absolute Gasteiger partial charge is 0.481 e. The molecule has 0 radical (unpaired) electrons. The average Bonchev–Trinajstić information content (AvgIpc) is 3.18. The summed E-state index contributed by atoms with van der Waals surface area (Å²) in [6, 6.07) is 14.1. The van der Waals surface area contributed by atoms with Crippen molar-refractivity contribution < 1.29 is 14.7 Å². The van der Waals surface area contributed by atoms with Gasteiger partial charge < -0.3 is 15.7 Å². The number of carbonyl (C=O) groups excluding carboxylic acids is 1. The Kier molecular flexibility index (Phi) is 6.74. The van der Waals surface area contributed by atoms with Crippen molar-refractivity contribution in [1.82, 2.24) is 4.98 Å². The third kappa shape index (κ3) is 5.58. The molecule has 3 aromatic rings. The van der Waals surface area contributed by atoms with E-state index in [9.17, 15) is 14.7 Å². The lowest BCUT2D eigenvalue weighted by Gasteiger charge is -2.17. The Bertz CT molecular complexity index is 1050. The molecule has 8 heteroatoms. The molecule has 0 unspecified atom stereocenters. The van der Waals surface area contributed by atoms with Crippen molar-refractivity contribution in [2.75, 3.05) is 10.6 Å². The zero-order valence-electron chi connectivity index (χ0n) is 16.6. The fraction of sp³-hybridized carbons (Fsp3) is 0.227. The molecule has 0 atom stereocenters. The second kappa shape index (κ2) is 9.28. The molecular weight excluding hydrogens is 422 g/mol. The summed E-state index contributed by atoms with van der Waals surface area (Å²) in [5.74, 6) is -0.805. The number of carbonyl (C=O) groups is 2. The minimum atomic E-state index is -0.805. The van der Waals surface area contributed by atoms with Gasteiger partial charge in [0, 0.05) is 18.3 Å². The summed E-state index contributed by atoms with van der Waals surface area (Å²) >= 11 is 7.59.